The number of aromatic nitrogens is 2. The Kier molecular flexibility index (Phi) is 8.66. The predicted molar refractivity (Wildman–Crippen MR) is 253 cm³/mol. The van der Waals surface area contributed by atoms with Gasteiger partial charge in [-0.1, -0.05) is 125 Å². The first-order chi connectivity index (χ1) is 32.8. The quantitative estimate of drug-likeness (QED) is 0.130. The molecule has 1 aliphatic rings. The second-order valence-corrected chi connectivity index (χ2v) is 17.8. The molecule has 1 saturated carbocycles. The molecule has 3 nitrogen and oxygen atoms in total. The summed E-state index contributed by atoms with van der Waals surface area (Å²) in [7, 11) is 0. The topological polar surface area (TPSA) is 38.9 Å². The zero-order valence-electron chi connectivity index (χ0n) is 45.1. The molecule has 0 unspecified atom stereocenters. The molecule has 61 heavy (non-hydrogen) atoms. The normalized spacial score (nSPS) is 17.8. The molecule has 1 fully saturated rings. The molecule has 1 radical (unpaired) electrons. The van der Waals surface area contributed by atoms with Gasteiger partial charge in [-0.05, 0) is 135 Å². The molecule has 0 aliphatic heterocycles. The van der Waals surface area contributed by atoms with Crippen LogP contribution in [0.25, 0.3) is 77.1 Å². The number of hydrogen-bond donors (Lipinski definition) is 0. The molecule has 1 aliphatic carbocycles. The minimum absolute atomic E-state index is 0. The largest absolute Gasteiger partial charge is 0.501 e. The third kappa shape index (κ3) is 8.46. The summed E-state index contributed by atoms with van der Waals surface area (Å²) in [4.78, 5) is 9.04. The molecule has 0 saturated heterocycles. The van der Waals surface area contributed by atoms with Crippen LogP contribution in [0.3, 0.4) is 0 Å². The van der Waals surface area contributed by atoms with E-state index in [4.69, 9.17) is 16.8 Å². The second kappa shape index (κ2) is 16.8. The van der Waals surface area contributed by atoms with Gasteiger partial charge in [-0.2, -0.15) is 0 Å². The van der Waals surface area contributed by atoms with Crippen molar-refractivity contribution in [2.24, 2.45) is 5.41 Å². The summed E-state index contributed by atoms with van der Waals surface area (Å²) in [5, 5.41) is 4.89. The molecule has 10 rings (SSSR count). The zero-order valence-corrected chi connectivity index (χ0v) is 37.5. The van der Waals surface area contributed by atoms with Crippen molar-refractivity contribution >= 4 is 43.5 Å². The number of benzene rings is 6. The van der Waals surface area contributed by atoms with Gasteiger partial charge in [-0.15, -0.1) is 53.6 Å². The summed E-state index contributed by atoms with van der Waals surface area (Å²) in [5.41, 5.74) is 5.59. The number of nitrogens with zero attached hydrogens (tertiary/aromatic N) is 2. The van der Waals surface area contributed by atoms with Gasteiger partial charge in [0.05, 0.1) is 5.58 Å². The summed E-state index contributed by atoms with van der Waals surface area (Å²) in [6, 6.07) is 42.1. The zero-order chi connectivity index (χ0) is 50.2. The van der Waals surface area contributed by atoms with Gasteiger partial charge in [0.1, 0.15) is 5.58 Å². The van der Waals surface area contributed by atoms with Gasteiger partial charge >= 0.3 is 0 Å². The average molecular weight is 985 g/mol. The van der Waals surface area contributed by atoms with Crippen molar-refractivity contribution in [3.63, 3.8) is 0 Å². The van der Waals surface area contributed by atoms with E-state index in [9.17, 15) is 1.37 Å². The molecule has 0 amide bonds. The Bertz CT molecular complexity index is 3410. The van der Waals surface area contributed by atoms with Gasteiger partial charge in [0.2, 0.25) is 0 Å². The van der Waals surface area contributed by atoms with Crippen LogP contribution >= 0.6 is 0 Å². The van der Waals surface area contributed by atoms with Gasteiger partial charge in [0.15, 0.2) is 0 Å². The van der Waals surface area contributed by atoms with E-state index in [1.165, 1.54) is 23.9 Å². The van der Waals surface area contributed by atoms with E-state index in [1.807, 2.05) is 79.0 Å². The number of fused-ring (bicyclic) bond motifs is 6. The van der Waals surface area contributed by atoms with Gasteiger partial charge in [-0.25, -0.2) is 0 Å². The maximum Gasteiger partial charge on any atom is 0.121 e. The summed E-state index contributed by atoms with van der Waals surface area (Å²) in [6.07, 6.45) is 6.01. The Morgan fingerprint density at radius 2 is 1.48 bits per heavy atom. The first kappa shape index (κ1) is 31.4. The van der Waals surface area contributed by atoms with Crippen LogP contribution in [-0.4, -0.2) is 9.97 Å². The molecule has 9 aromatic rings. The first-order valence-corrected chi connectivity index (χ1v) is 20.6. The molecule has 6 aromatic carbocycles. The molecule has 0 bridgehead atoms. The minimum atomic E-state index is -2.65. The van der Waals surface area contributed by atoms with Crippen molar-refractivity contribution in [3.8, 4) is 33.6 Å². The van der Waals surface area contributed by atoms with Crippen LogP contribution in [0.1, 0.15) is 108 Å². The first-order valence-electron chi connectivity index (χ1n) is 25.6. The Morgan fingerprint density at radius 1 is 0.705 bits per heavy atom. The number of hydrogen-bond acceptors (Lipinski definition) is 3. The van der Waals surface area contributed by atoms with Crippen molar-refractivity contribution in [2.75, 3.05) is 0 Å². The van der Waals surface area contributed by atoms with Crippen LogP contribution in [0.2, 0.25) is 0 Å². The van der Waals surface area contributed by atoms with Crippen molar-refractivity contribution < 1.29 is 38.2 Å². The van der Waals surface area contributed by atoms with Gasteiger partial charge < -0.3 is 14.4 Å². The van der Waals surface area contributed by atoms with Crippen LogP contribution in [-0.2, 0) is 25.5 Å². The average Bonchev–Trinajstić information content (AvgIpc) is 3.69. The van der Waals surface area contributed by atoms with Gasteiger partial charge in [0, 0.05) is 51.6 Å². The molecule has 4 heteroatoms. The van der Waals surface area contributed by atoms with E-state index in [-0.39, 0.29) is 70.0 Å². The summed E-state index contributed by atoms with van der Waals surface area (Å²) in [6.45, 7) is 3.15. The molecule has 309 valence electrons. The van der Waals surface area contributed by atoms with Crippen LogP contribution < -0.4 is 0 Å². The predicted octanol–water partition coefficient (Wildman–Crippen LogP) is 15.9. The molecule has 0 N–H and O–H groups in total. The van der Waals surface area contributed by atoms with E-state index in [0.29, 0.717) is 40.3 Å². The van der Waals surface area contributed by atoms with E-state index in [2.05, 4.69) is 68.9 Å². The van der Waals surface area contributed by atoms with Crippen LogP contribution in [0.4, 0.5) is 0 Å². The number of pyridine rings is 2. The monoisotopic (exact) mass is 985 g/mol. The van der Waals surface area contributed by atoms with Crippen LogP contribution in [0.15, 0.2) is 132 Å². The van der Waals surface area contributed by atoms with E-state index < -0.39 is 26.4 Å². The third-order valence-electron chi connectivity index (χ3n) is 12.1. The third-order valence-corrected chi connectivity index (χ3v) is 12.1. The van der Waals surface area contributed by atoms with Crippen molar-refractivity contribution in [2.45, 2.75) is 92.2 Å². The fraction of sp³-hybridized carbons (Fsp3) is 0.263. The summed E-state index contributed by atoms with van der Waals surface area (Å²) >= 11 is 0. The molecular weight excluding hydrogens is 921 g/mol. The fourth-order valence-electron chi connectivity index (χ4n) is 8.39. The number of rotatable bonds is 4. The van der Waals surface area contributed by atoms with Crippen LogP contribution in [0, 0.1) is 38.1 Å². The molecule has 3 heterocycles. The summed E-state index contributed by atoms with van der Waals surface area (Å²) in [5.74, 6) is -0.965. The Morgan fingerprint density at radius 3 is 2.21 bits per heavy atom. The number of furan rings is 1. The van der Waals surface area contributed by atoms with Crippen molar-refractivity contribution in [3.05, 3.63) is 168 Å². The van der Waals surface area contributed by atoms with Crippen LogP contribution in [0.5, 0.6) is 0 Å². The molecule has 0 spiro atoms. The van der Waals surface area contributed by atoms with Gasteiger partial charge in [0.25, 0.3) is 0 Å². The number of aryl methyl sites for hydroxylation is 3. The Hall–Kier alpha value is -5.41. The van der Waals surface area contributed by atoms with Gasteiger partial charge in [-0.3, -0.25) is 0 Å². The Balaban J connectivity index is 0.000000338. The standard InChI is InChI=1S/C42H38NO.C15H16N.Ir/c1-25-10-14-34(41-40(25)37-21-31-12-11-29-8-6-7-9-33(29)36(31)23-39(37)44-41)38-22-35(27(3)24-43-38)32-15-13-30(20-26(32)2)28-16-18-42(4,5)19-17-28;1-15(2,3)13-9-10-14(16-11-13)12-7-5-4-6-8-12;/h6-13,15,20-24,28H,16-19H2,1-5H3;4-7,9-11H,1-3H3;/q2*-1;/i1D3,2D3,3D3,28D;;. The van der Waals surface area contributed by atoms with E-state index in [1.54, 1.807) is 18.2 Å². The van der Waals surface area contributed by atoms with Crippen molar-refractivity contribution in [1.82, 2.24) is 9.97 Å². The minimum Gasteiger partial charge on any atom is -0.501 e. The van der Waals surface area contributed by atoms with E-state index >= 15 is 0 Å². The maximum absolute atomic E-state index is 9.33. The fourth-order valence-corrected chi connectivity index (χ4v) is 8.39. The molecule has 0 atom stereocenters. The Labute approximate surface area is 389 Å². The summed E-state index contributed by atoms with van der Waals surface area (Å²) < 4.78 is 91.9. The molecule has 3 aromatic heterocycles. The van der Waals surface area contributed by atoms with E-state index in [0.717, 1.165) is 45.6 Å². The second-order valence-electron chi connectivity index (χ2n) is 17.8. The van der Waals surface area contributed by atoms with Crippen molar-refractivity contribution in [1.29, 1.82) is 0 Å². The smallest absolute Gasteiger partial charge is 0.121 e. The maximum atomic E-state index is 9.33. The molecular formula is C57H54IrN2O-2. The SMILES string of the molecule is CC(C)(C)c1ccc(-c2[c-]cccc2)nc1.[2H]C([2H])([2H])c1cnc(-c2[c-]cc(C([2H])([2H])[2H])c3c2oc2cc4c(ccc5ccccc54)cc23)cc1-c1ccc(C2([2H])CCC(C)(C)CC2)cc1C([2H])([2H])[2H].[Ir].